The van der Waals surface area contributed by atoms with Crippen LogP contribution in [0.15, 0.2) is 12.3 Å². The molecule has 0 aliphatic heterocycles. The topological polar surface area (TPSA) is 9.23 Å². The van der Waals surface area contributed by atoms with Crippen LogP contribution in [0.1, 0.15) is 13.8 Å². The van der Waals surface area contributed by atoms with Crippen LogP contribution in [-0.4, -0.2) is 12.8 Å². The van der Waals surface area contributed by atoms with Crippen molar-refractivity contribution in [1.29, 1.82) is 0 Å². The summed E-state index contributed by atoms with van der Waals surface area (Å²) < 4.78 is 17.1. The zero-order chi connectivity index (χ0) is 6.78. The molecule has 0 aromatic carbocycles. The minimum absolute atomic E-state index is 0.164. The fourth-order valence-corrected chi connectivity index (χ4v) is 0.243. The van der Waals surface area contributed by atoms with E-state index in [1.165, 1.54) is 21.0 Å². The summed E-state index contributed by atoms with van der Waals surface area (Å²) in [5.74, 6) is 0.164. The molecule has 0 unspecified atom stereocenters. The number of alkyl halides is 1. The fraction of sp³-hybridized carbons (Fsp3) is 0.667. The van der Waals surface area contributed by atoms with Crippen molar-refractivity contribution in [1.82, 2.24) is 0 Å². The molecule has 1 nitrogen and oxygen atoms in total. The van der Waals surface area contributed by atoms with Crippen molar-refractivity contribution in [3.63, 3.8) is 0 Å². The van der Waals surface area contributed by atoms with E-state index in [0.29, 0.717) is 0 Å². The van der Waals surface area contributed by atoms with Gasteiger partial charge < -0.3 is 4.74 Å². The first kappa shape index (κ1) is 7.47. The van der Waals surface area contributed by atoms with E-state index in [9.17, 15) is 4.39 Å². The Hall–Kier alpha value is -0.530. The summed E-state index contributed by atoms with van der Waals surface area (Å²) in [6, 6.07) is 0. The molecule has 0 spiro atoms. The Morgan fingerprint density at radius 2 is 2.00 bits per heavy atom. The summed E-state index contributed by atoms with van der Waals surface area (Å²) in [5.41, 5.74) is -1.41. The van der Waals surface area contributed by atoms with Gasteiger partial charge in [0.1, 0.15) is 5.76 Å². The van der Waals surface area contributed by atoms with Gasteiger partial charge in [0.25, 0.3) is 0 Å². The van der Waals surface area contributed by atoms with Crippen molar-refractivity contribution in [2.45, 2.75) is 19.5 Å². The van der Waals surface area contributed by atoms with E-state index < -0.39 is 5.67 Å². The Bertz CT molecular complexity index is 91.2. The molecule has 0 aliphatic rings. The number of methoxy groups -OCH3 is 1. The highest BCUT2D eigenvalue weighted by atomic mass is 19.1. The average Bonchev–Trinajstić information content (AvgIpc) is 1.62. The summed E-state index contributed by atoms with van der Waals surface area (Å²) in [4.78, 5) is 0. The largest absolute Gasteiger partial charge is 0.498 e. The van der Waals surface area contributed by atoms with Gasteiger partial charge in [0.2, 0.25) is 0 Å². The van der Waals surface area contributed by atoms with Gasteiger partial charge in [-0.05, 0) is 13.8 Å². The van der Waals surface area contributed by atoms with E-state index in [1.807, 2.05) is 0 Å². The number of hydrogen-bond acceptors (Lipinski definition) is 1. The lowest BCUT2D eigenvalue weighted by Crippen LogP contribution is -2.15. The molecule has 0 rings (SSSR count). The molecule has 0 amide bonds. The monoisotopic (exact) mass is 118 g/mol. The number of rotatable bonds is 2. The van der Waals surface area contributed by atoms with Crippen molar-refractivity contribution in [3.05, 3.63) is 12.3 Å². The molecule has 0 aromatic rings. The number of allylic oxidation sites excluding steroid dienone is 1. The summed E-state index contributed by atoms with van der Waals surface area (Å²) in [6.45, 7) is 6.15. The second-order valence-electron chi connectivity index (χ2n) is 2.10. The summed E-state index contributed by atoms with van der Waals surface area (Å²) in [5, 5.41) is 0. The van der Waals surface area contributed by atoms with E-state index in [4.69, 9.17) is 0 Å². The van der Waals surface area contributed by atoms with E-state index in [1.54, 1.807) is 0 Å². The molecule has 2 heteroatoms. The van der Waals surface area contributed by atoms with Crippen molar-refractivity contribution in [2.24, 2.45) is 0 Å². The highest BCUT2D eigenvalue weighted by molar-refractivity contribution is 4.99. The van der Waals surface area contributed by atoms with Gasteiger partial charge in [0.05, 0.1) is 7.11 Å². The molecule has 0 heterocycles. The van der Waals surface area contributed by atoms with Gasteiger partial charge in [-0.1, -0.05) is 6.58 Å². The maximum atomic E-state index is 12.6. The predicted molar refractivity (Wildman–Crippen MR) is 31.3 cm³/mol. The first-order chi connectivity index (χ1) is 3.48. The maximum absolute atomic E-state index is 12.6. The van der Waals surface area contributed by atoms with E-state index in [2.05, 4.69) is 11.3 Å². The van der Waals surface area contributed by atoms with Crippen LogP contribution in [0.3, 0.4) is 0 Å². The lowest BCUT2D eigenvalue weighted by Gasteiger charge is -2.14. The van der Waals surface area contributed by atoms with Crippen LogP contribution in [0, 0.1) is 0 Å². The zero-order valence-electron chi connectivity index (χ0n) is 5.49. The van der Waals surface area contributed by atoms with Crippen LogP contribution in [-0.2, 0) is 4.74 Å². The molecule has 0 saturated heterocycles. The van der Waals surface area contributed by atoms with Gasteiger partial charge in [-0.15, -0.1) is 0 Å². The molecule has 0 saturated carbocycles. The third-order valence-electron chi connectivity index (χ3n) is 0.909. The van der Waals surface area contributed by atoms with Gasteiger partial charge in [0, 0.05) is 0 Å². The highest BCUT2D eigenvalue weighted by Crippen LogP contribution is 2.18. The minimum atomic E-state index is -1.41. The Kier molecular flexibility index (Phi) is 2.02. The van der Waals surface area contributed by atoms with Crippen LogP contribution in [0.25, 0.3) is 0 Å². The van der Waals surface area contributed by atoms with Gasteiger partial charge in [-0.3, -0.25) is 0 Å². The summed E-state index contributed by atoms with van der Waals surface area (Å²) >= 11 is 0. The molecular weight excluding hydrogens is 107 g/mol. The van der Waals surface area contributed by atoms with Crippen molar-refractivity contribution in [3.8, 4) is 0 Å². The fourth-order valence-electron chi connectivity index (χ4n) is 0.243. The normalized spacial score (nSPS) is 11.0. The summed E-state index contributed by atoms with van der Waals surface area (Å²) in [7, 11) is 1.41. The van der Waals surface area contributed by atoms with Gasteiger partial charge >= 0.3 is 0 Å². The Balaban J connectivity index is 3.82. The van der Waals surface area contributed by atoms with Gasteiger partial charge in [-0.2, -0.15) is 0 Å². The lowest BCUT2D eigenvalue weighted by atomic mass is 10.1. The van der Waals surface area contributed by atoms with Crippen molar-refractivity contribution in [2.75, 3.05) is 7.11 Å². The van der Waals surface area contributed by atoms with E-state index >= 15 is 0 Å². The first-order valence-corrected chi connectivity index (χ1v) is 2.40. The van der Waals surface area contributed by atoms with Crippen LogP contribution >= 0.6 is 0 Å². The van der Waals surface area contributed by atoms with Crippen molar-refractivity contribution >= 4 is 0 Å². The highest BCUT2D eigenvalue weighted by Gasteiger charge is 2.20. The first-order valence-electron chi connectivity index (χ1n) is 2.40. The molecule has 0 bridgehead atoms. The number of hydrogen-bond donors (Lipinski definition) is 0. The molecule has 48 valence electrons. The molecule has 0 aliphatic carbocycles. The summed E-state index contributed by atoms with van der Waals surface area (Å²) in [6.07, 6.45) is 0. The molecule has 0 N–H and O–H groups in total. The third kappa shape index (κ3) is 1.96. The number of halogens is 1. The van der Waals surface area contributed by atoms with E-state index in [-0.39, 0.29) is 5.76 Å². The molecule has 8 heavy (non-hydrogen) atoms. The maximum Gasteiger partial charge on any atom is 0.161 e. The SMILES string of the molecule is C=C(OC)C(C)(C)F. The molecule has 0 atom stereocenters. The third-order valence-corrected chi connectivity index (χ3v) is 0.909. The Morgan fingerprint density at radius 1 is 1.62 bits per heavy atom. The average molecular weight is 118 g/mol. The van der Waals surface area contributed by atoms with E-state index in [0.717, 1.165) is 0 Å². The Labute approximate surface area is 49.2 Å². The zero-order valence-corrected chi connectivity index (χ0v) is 5.49. The number of ether oxygens (including phenoxy) is 1. The molecule has 0 radical (unpaired) electrons. The lowest BCUT2D eigenvalue weighted by molar-refractivity contribution is 0.145. The molecular formula is C6H11FO. The van der Waals surface area contributed by atoms with Crippen LogP contribution in [0.4, 0.5) is 4.39 Å². The minimum Gasteiger partial charge on any atom is -0.498 e. The second-order valence-corrected chi connectivity index (χ2v) is 2.10. The standard InChI is InChI=1S/C6H11FO/c1-5(8-4)6(2,3)7/h1H2,2-4H3. The van der Waals surface area contributed by atoms with Gasteiger partial charge in [0.15, 0.2) is 5.67 Å². The predicted octanol–water partition coefficient (Wildman–Crippen LogP) is 1.89. The molecule has 0 fully saturated rings. The van der Waals surface area contributed by atoms with Crippen LogP contribution in [0.2, 0.25) is 0 Å². The Morgan fingerprint density at radius 3 is 2.00 bits per heavy atom. The smallest absolute Gasteiger partial charge is 0.161 e. The van der Waals surface area contributed by atoms with Crippen molar-refractivity contribution < 1.29 is 9.13 Å². The van der Waals surface area contributed by atoms with Gasteiger partial charge in [-0.25, -0.2) is 4.39 Å². The molecule has 0 aromatic heterocycles. The van der Waals surface area contributed by atoms with Crippen LogP contribution in [0.5, 0.6) is 0 Å². The van der Waals surface area contributed by atoms with Crippen LogP contribution < -0.4 is 0 Å². The second kappa shape index (κ2) is 2.16. The quantitative estimate of drug-likeness (QED) is 0.503.